The molecule has 142 valence electrons. The van der Waals surface area contributed by atoms with E-state index in [1.165, 1.54) is 56.8 Å². The average molecular weight is 367 g/mol. The van der Waals surface area contributed by atoms with E-state index in [1.807, 2.05) is 0 Å². The standard InChI is InChI=1S/C20H34NO3P/c1-3-4-5-6-7-8-9-17-10-12-18(13-11-17)19-14-15-20(21,16-19)24-25(22)23-2/h10-13,19,25H,3-9,14-16,21H2,1-2H3. The fraction of sp³-hybridized carbons (Fsp3) is 0.700. The Bertz CT molecular complexity index is 534. The van der Waals surface area contributed by atoms with Crippen LogP contribution < -0.4 is 5.73 Å². The Balaban J connectivity index is 1.77. The van der Waals surface area contributed by atoms with Gasteiger partial charge in [0.25, 0.3) is 0 Å². The van der Waals surface area contributed by atoms with Gasteiger partial charge in [-0.15, -0.1) is 0 Å². The summed E-state index contributed by atoms with van der Waals surface area (Å²) in [4.78, 5) is 0. The predicted molar refractivity (Wildman–Crippen MR) is 104 cm³/mol. The fourth-order valence-electron chi connectivity index (χ4n) is 3.69. The molecule has 0 amide bonds. The van der Waals surface area contributed by atoms with Crippen molar-refractivity contribution in [2.45, 2.75) is 82.8 Å². The molecule has 0 heterocycles. The molecule has 4 nitrogen and oxygen atoms in total. The van der Waals surface area contributed by atoms with Crippen LogP contribution in [0.2, 0.25) is 0 Å². The maximum Gasteiger partial charge on any atom is 0.320 e. The summed E-state index contributed by atoms with van der Waals surface area (Å²) in [6.45, 7) is 2.25. The van der Waals surface area contributed by atoms with Crippen molar-refractivity contribution >= 4 is 8.25 Å². The van der Waals surface area contributed by atoms with E-state index >= 15 is 0 Å². The Labute approximate surface area is 153 Å². The van der Waals surface area contributed by atoms with Crippen LogP contribution in [0.1, 0.15) is 81.8 Å². The first-order valence-corrected chi connectivity index (χ1v) is 10.9. The quantitative estimate of drug-likeness (QED) is 0.316. The number of rotatable bonds is 11. The number of hydrogen-bond acceptors (Lipinski definition) is 4. The van der Waals surface area contributed by atoms with E-state index in [0.717, 1.165) is 19.3 Å². The van der Waals surface area contributed by atoms with Gasteiger partial charge < -0.3 is 10.3 Å². The lowest BCUT2D eigenvalue weighted by Crippen LogP contribution is -2.37. The smallest absolute Gasteiger partial charge is 0.314 e. The molecule has 0 radical (unpaired) electrons. The van der Waals surface area contributed by atoms with E-state index in [0.29, 0.717) is 12.3 Å². The molecule has 25 heavy (non-hydrogen) atoms. The lowest BCUT2D eigenvalue weighted by Gasteiger charge is -2.23. The minimum Gasteiger partial charge on any atom is -0.314 e. The number of aryl methyl sites for hydroxylation is 1. The highest BCUT2D eigenvalue weighted by atomic mass is 31.1. The van der Waals surface area contributed by atoms with Crippen LogP contribution in [0, 0.1) is 0 Å². The summed E-state index contributed by atoms with van der Waals surface area (Å²) in [6, 6.07) is 8.94. The minimum atomic E-state index is -2.47. The second-order valence-electron chi connectivity index (χ2n) is 7.32. The molecule has 0 saturated heterocycles. The first-order chi connectivity index (χ1) is 12.1. The summed E-state index contributed by atoms with van der Waals surface area (Å²) in [5.41, 5.74) is 8.14. The summed E-state index contributed by atoms with van der Waals surface area (Å²) >= 11 is 0. The highest BCUT2D eigenvalue weighted by Crippen LogP contribution is 2.44. The van der Waals surface area contributed by atoms with Gasteiger partial charge in [-0.2, -0.15) is 0 Å². The maximum atomic E-state index is 11.5. The van der Waals surface area contributed by atoms with Crippen LogP contribution in [0.3, 0.4) is 0 Å². The molecule has 1 aliphatic carbocycles. The summed E-state index contributed by atoms with van der Waals surface area (Å²) < 4.78 is 21.7. The molecular weight excluding hydrogens is 333 g/mol. The van der Waals surface area contributed by atoms with Crippen molar-refractivity contribution in [3.63, 3.8) is 0 Å². The van der Waals surface area contributed by atoms with Gasteiger partial charge in [0.05, 0.1) is 0 Å². The second kappa shape index (κ2) is 10.5. The third-order valence-electron chi connectivity index (χ3n) is 5.23. The van der Waals surface area contributed by atoms with E-state index in [9.17, 15) is 4.57 Å². The number of nitrogens with two attached hydrogens (primary N) is 1. The molecule has 5 heteroatoms. The Morgan fingerprint density at radius 3 is 2.52 bits per heavy atom. The van der Waals surface area contributed by atoms with Crippen LogP contribution in [0.4, 0.5) is 0 Å². The van der Waals surface area contributed by atoms with E-state index in [4.69, 9.17) is 14.8 Å². The van der Waals surface area contributed by atoms with Gasteiger partial charge in [0.1, 0.15) is 5.72 Å². The lowest BCUT2D eigenvalue weighted by molar-refractivity contribution is 0.0723. The van der Waals surface area contributed by atoms with Gasteiger partial charge in [-0.05, 0) is 49.1 Å². The van der Waals surface area contributed by atoms with Gasteiger partial charge in [0.15, 0.2) is 0 Å². The molecule has 1 aromatic rings. The molecule has 0 spiro atoms. The van der Waals surface area contributed by atoms with Crippen molar-refractivity contribution in [2.24, 2.45) is 5.73 Å². The van der Waals surface area contributed by atoms with Crippen LogP contribution >= 0.6 is 8.25 Å². The number of unbranched alkanes of at least 4 members (excludes halogenated alkanes) is 5. The summed E-state index contributed by atoms with van der Waals surface area (Å²) in [5, 5.41) is 0. The van der Waals surface area contributed by atoms with Crippen LogP contribution in [0.15, 0.2) is 24.3 Å². The Morgan fingerprint density at radius 2 is 1.84 bits per heavy atom. The molecule has 2 rings (SSSR count). The van der Waals surface area contributed by atoms with Crippen molar-refractivity contribution in [3.8, 4) is 0 Å². The maximum absolute atomic E-state index is 11.5. The fourth-order valence-corrected chi connectivity index (χ4v) is 4.29. The van der Waals surface area contributed by atoms with E-state index in [1.54, 1.807) is 0 Å². The van der Waals surface area contributed by atoms with Crippen molar-refractivity contribution in [1.82, 2.24) is 0 Å². The van der Waals surface area contributed by atoms with Gasteiger partial charge in [-0.25, -0.2) is 0 Å². The van der Waals surface area contributed by atoms with E-state index in [-0.39, 0.29) is 0 Å². The molecule has 3 unspecified atom stereocenters. The molecule has 1 aliphatic rings. The highest BCUT2D eigenvalue weighted by Gasteiger charge is 2.38. The summed E-state index contributed by atoms with van der Waals surface area (Å²) in [7, 11) is -1.09. The van der Waals surface area contributed by atoms with Gasteiger partial charge >= 0.3 is 8.25 Å². The zero-order valence-corrected chi connectivity index (χ0v) is 16.8. The molecule has 1 saturated carbocycles. The average Bonchev–Trinajstić information content (AvgIpc) is 3.00. The Morgan fingerprint density at radius 1 is 1.16 bits per heavy atom. The van der Waals surface area contributed by atoms with Crippen molar-refractivity contribution in [1.29, 1.82) is 0 Å². The Kier molecular flexibility index (Phi) is 8.65. The highest BCUT2D eigenvalue weighted by molar-refractivity contribution is 7.33. The molecule has 1 aromatic carbocycles. The van der Waals surface area contributed by atoms with E-state index < -0.39 is 14.0 Å². The van der Waals surface area contributed by atoms with Crippen LogP contribution in [-0.2, 0) is 20.0 Å². The number of benzene rings is 1. The van der Waals surface area contributed by atoms with Gasteiger partial charge in [0, 0.05) is 7.11 Å². The SMILES string of the molecule is CCCCCCCCc1ccc(C2CCC(N)(O[PH](=O)OC)C2)cc1. The minimum absolute atomic E-state index is 0.375. The first kappa shape index (κ1) is 20.6. The Hall–Kier alpha value is -0.670. The van der Waals surface area contributed by atoms with Crippen LogP contribution in [0.25, 0.3) is 0 Å². The second-order valence-corrected chi connectivity index (χ2v) is 8.43. The topological polar surface area (TPSA) is 61.5 Å². The molecule has 1 fully saturated rings. The van der Waals surface area contributed by atoms with Crippen LogP contribution in [0.5, 0.6) is 0 Å². The zero-order chi connectivity index (χ0) is 18.1. The molecule has 0 aromatic heterocycles. The van der Waals surface area contributed by atoms with Gasteiger partial charge in [-0.3, -0.25) is 9.09 Å². The van der Waals surface area contributed by atoms with E-state index in [2.05, 4.69) is 31.2 Å². The van der Waals surface area contributed by atoms with Gasteiger partial charge in [0.2, 0.25) is 0 Å². The predicted octanol–water partition coefficient (Wildman–Crippen LogP) is 5.56. The summed E-state index contributed by atoms with van der Waals surface area (Å²) in [6.07, 6.45) is 11.5. The third-order valence-corrected chi connectivity index (χ3v) is 6.14. The largest absolute Gasteiger partial charge is 0.320 e. The molecule has 0 aliphatic heterocycles. The van der Waals surface area contributed by atoms with Crippen molar-refractivity contribution in [2.75, 3.05) is 7.11 Å². The third kappa shape index (κ3) is 6.86. The van der Waals surface area contributed by atoms with Crippen molar-refractivity contribution < 1.29 is 13.6 Å². The number of hydrogen-bond donors (Lipinski definition) is 1. The molecule has 3 atom stereocenters. The normalized spacial score (nSPS) is 24.5. The monoisotopic (exact) mass is 367 g/mol. The van der Waals surface area contributed by atoms with Crippen LogP contribution in [-0.4, -0.2) is 12.8 Å². The zero-order valence-electron chi connectivity index (χ0n) is 15.8. The lowest BCUT2D eigenvalue weighted by atomic mass is 9.95. The summed E-state index contributed by atoms with van der Waals surface area (Å²) in [5.74, 6) is 0.375. The van der Waals surface area contributed by atoms with Crippen molar-refractivity contribution in [3.05, 3.63) is 35.4 Å². The first-order valence-electron chi connectivity index (χ1n) is 9.71. The molecule has 0 bridgehead atoms. The molecular formula is C20H34NO3P. The van der Waals surface area contributed by atoms with Gasteiger partial charge in [-0.1, -0.05) is 63.3 Å². The molecule has 2 N–H and O–H groups in total.